The number of unbranched alkanes of at least 4 members (excludes halogenated alkanes) is 46. The third kappa shape index (κ3) is 59.2. The van der Waals surface area contributed by atoms with E-state index in [1.807, 2.05) is 6.08 Å². The van der Waals surface area contributed by atoms with Crippen molar-refractivity contribution in [2.24, 2.45) is 0 Å². The molecule has 6 heteroatoms. The molecular weight excluding hydrogens is 899 g/mol. The molecule has 0 aliphatic heterocycles. The van der Waals surface area contributed by atoms with Crippen molar-refractivity contribution in [3.63, 3.8) is 0 Å². The van der Waals surface area contributed by atoms with Gasteiger partial charge in [0, 0.05) is 12.8 Å². The number of amides is 1. The van der Waals surface area contributed by atoms with Gasteiger partial charge in [-0.25, -0.2) is 0 Å². The maximum absolute atomic E-state index is 12.4. The molecule has 6 nitrogen and oxygen atoms in total. The second kappa shape index (κ2) is 62.6. The summed E-state index contributed by atoms with van der Waals surface area (Å²) >= 11 is 0. The molecule has 430 valence electrons. The van der Waals surface area contributed by atoms with Crippen LogP contribution in [0.1, 0.15) is 354 Å². The van der Waals surface area contributed by atoms with E-state index in [0.29, 0.717) is 19.4 Å². The van der Waals surface area contributed by atoms with Crippen LogP contribution in [0.3, 0.4) is 0 Å². The van der Waals surface area contributed by atoms with Gasteiger partial charge in [0.1, 0.15) is 0 Å². The molecule has 0 bridgehead atoms. The van der Waals surface area contributed by atoms with Gasteiger partial charge in [-0.3, -0.25) is 9.59 Å². The Labute approximate surface area is 455 Å². The Morgan fingerprint density at radius 1 is 0.384 bits per heavy atom. The number of esters is 1. The second-order valence-corrected chi connectivity index (χ2v) is 22.5. The third-order valence-corrected chi connectivity index (χ3v) is 15.2. The van der Waals surface area contributed by atoms with Crippen molar-refractivity contribution in [1.29, 1.82) is 0 Å². The highest BCUT2D eigenvalue weighted by Gasteiger charge is 2.18. The predicted octanol–water partition coefficient (Wildman–Crippen LogP) is 20.8. The molecule has 0 aliphatic rings. The normalized spacial score (nSPS) is 12.8. The highest BCUT2D eigenvalue weighted by Crippen LogP contribution is 2.18. The van der Waals surface area contributed by atoms with E-state index in [0.717, 1.165) is 51.4 Å². The van der Waals surface area contributed by atoms with E-state index in [4.69, 9.17) is 4.74 Å². The van der Waals surface area contributed by atoms with Gasteiger partial charge in [0.2, 0.25) is 5.91 Å². The number of allylic oxidation sites excluding steroid dienone is 5. The molecule has 0 spiro atoms. The molecule has 73 heavy (non-hydrogen) atoms. The molecule has 0 aromatic rings. The minimum Gasteiger partial charge on any atom is -0.466 e. The average molecular weight is 1030 g/mol. The summed E-state index contributed by atoms with van der Waals surface area (Å²) in [5.74, 6) is -0.0585. The lowest BCUT2D eigenvalue weighted by Crippen LogP contribution is -2.45. The summed E-state index contributed by atoms with van der Waals surface area (Å²) in [6.07, 6.45) is 79.3. The van der Waals surface area contributed by atoms with Crippen LogP contribution in [0.15, 0.2) is 36.5 Å². The Morgan fingerprint density at radius 3 is 1.08 bits per heavy atom. The molecule has 0 aromatic heterocycles. The Balaban J connectivity index is 3.32. The lowest BCUT2D eigenvalue weighted by atomic mass is 10.0. The molecule has 0 aromatic carbocycles. The van der Waals surface area contributed by atoms with Gasteiger partial charge in [-0.2, -0.15) is 0 Å². The van der Waals surface area contributed by atoms with Gasteiger partial charge in [0.15, 0.2) is 0 Å². The third-order valence-electron chi connectivity index (χ3n) is 15.2. The first-order valence-electron chi connectivity index (χ1n) is 32.8. The zero-order chi connectivity index (χ0) is 52.9. The van der Waals surface area contributed by atoms with Crippen LogP contribution in [0.4, 0.5) is 0 Å². The van der Waals surface area contributed by atoms with Gasteiger partial charge < -0.3 is 20.3 Å². The topological polar surface area (TPSA) is 95.9 Å². The van der Waals surface area contributed by atoms with Crippen LogP contribution in [-0.2, 0) is 14.3 Å². The van der Waals surface area contributed by atoms with E-state index >= 15 is 0 Å². The Kier molecular flexibility index (Phi) is 61.0. The molecule has 0 saturated carbocycles. The number of carbonyl (C=O) groups excluding carboxylic acids is 2. The number of hydrogen-bond donors (Lipinski definition) is 3. The van der Waals surface area contributed by atoms with Crippen molar-refractivity contribution < 1.29 is 24.5 Å². The summed E-state index contributed by atoms with van der Waals surface area (Å²) in [4.78, 5) is 24.5. The van der Waals surface area contributed by atoms with Crippen LogP contribution in [0, 0.1) is 0 Å². The largest absolute Gasteiger partial charge is 0.466 e. The summed E-state index contributed by atoms with van der Waals surface area (Å²) in [6, 6.07) is -0.623. The maximum Gasteiger partial charge on any atom is 0.305 e. The fraction of sp³-hybridized carbons (Fsp3) is 0.881. The monoisotopic (exact) mass is 1030 g/mol. The van der Waals surface area contributed by atoms with Gasteiger partial charge in [0.05, 0.1) is 25.4 Å². The van der Waals surface area contributed by atoms with Crippen molar-refractivity contribution in [3.8, 4) is 0 Å². The van der Waals surface area contributed by atoms with Crippen molar-refractivity contribution >= 4 is 11.9 Å². The smallest absolute Gasteiger partial charge is 0.305 e. The van der Waals surface area contributed by atoms with Crippen LogP contribution in [0.2, 0.25) is 0 Å². The number of ether oxygens (including phenoxy) is 1. The van der Waals surface area contributed by atoms with E-state index in [2.05, 4.69) is 43.5 Å². The van der Waals surface area contributed by atoms with Crippen LogP contribution in [0.5, 0.6) is 0 Å². The fourth-order valence-electron chi connectivity index (χ4n) is 10.1. The molecule has 0 saturated heterocycles. The fourth-order valence-corrected chi connectivity index (χ4v) is 10.1. The Hall–Kier alpha value is -1.92. The van der Waals surface area contributed by atoms with Crippen molar-refractivity contribution in [2.45, 2.75) is 366 Å². The van der Waals surface area contributed by atoms with Crippen LogP contribution >= 0.6 is 0 Å². The van der Waals surface area contributed by atoms with E-state index in [1.165, 1.54) is 276 Å². The summed E-state index contributed by atoms with van der Waals surface area (Å²) in [5, 5.41) is 23.0. The van der Waals surface area contributed by atoms with Gasteiger partial charge in [-0.05, 0) is 57.8 Å². The summed E-state index contributed by atoms with van der Waals surface area (Å²) in [7, 11) is 0. The Bertz CT molecular complexity index is 1180. The van der Waals surface area contributed by atoms with Crippen molar-refractivity contribution in [1.82, 2.24) is 5.32 Å². The minimum atomic E-state index is -0.840. The molecule has 3 N–H and O–H groups in total. The first kappa shape index (κ1) is 71.1. The zero-order valence-corrected chi connectivity index (χ0v) is 49.1. The molecule has 0 fully saturated rings. The van der Waals surface area contributed by atoms with E-state index in [9.17, 15) is 19.8 Å². The molecule has 2 atom stereocenters. The van der Waals surface area contributed by atoms with E-state index in [1.54, 1.807) is 6.08 Å². The van der Waals surface area contributed by atoms with E-state index in [-0.39, 0.29) is 18.5 Å². The number of aliphatic hydroxyl groups is 2. The second-order valence-electron chi connectivity index (χ2n) is 22.5. The number of nitrogens with one attached hydrogen (secondary N) is 1. The molecule has 0 rings (SSSR count). The summed E-state index contributed by atoms with van der Waals surface area (Å²) < 4.78 is 5.48. The molecule has 1 amide bonds. The summed E-state index contributed by atoms with van der Waals surface area (Å²) in [6.45, 7) is 4.86. The number of aliphatic hydroxyl groups excluding tert-OH is 2. The molecule has 2 unspecified atom stereocenters. The molecule has 0 radical (unpaired) electrons. The standard InChI is InChI=1S/C67H127NO5/c1-3-5-7-9-11-13-15-16-37-41-45-49-53-57-61-67(72)73-62-58-54-50-46-42-38-35-33-31-29-27-25-23-21-19-17-18-20-22-24-26-28-30-32-34-36-40-44-48-52-56-60-66(71)68-64(63-69)65(70)59-55-51-47-43-39-14-12-10-8-6-4-2/h9,11,15-16,55,59,64-65,69-70H,3-8,10,12-14,17-54,56-58,60-63H2,1-2H3,(H,68,71)/b11-9-,16-15-,59-55+. The first-order valence-corrected chi connectivity index (χ1v) is 32.8. The van der Waals surface area contributed by atoms with Gasteiger partial charge >= 0.3 is 5.97 Å². The quantitative estimate of drug-likeness (QED) is 0.0320. The van der Waals surface area contributed by atoms with Gasteiger partial charge in [0.25, 0.3) is 0 Å². The minimum absolute atomic E-state index is 0.00565. The van der Waals surface area contributed by atoms with Gasteiger partial charge in [-0.1, -0.05) is 320 Å². The first-order chi connectivity index (χ1) is 36.0. The van der Waals surface area contributed by atoms with Crippen LogP contribution in [-0.4, -0.2) is 47.4 Å². The Morgan fingerprint density at radius 2 is 0.699 bits per heavy atom. The summed E-state index contributed by atoms with van der Waals surface area (Å²) in [5.41, 5.74) is 0. The van der Waals surface area contributed by atoms with E-state index < -0.39 is 12.1 Å². The number of hydrogen-bond acceptors (Lipinski definition) is 5. The SMILES string of the molecule is CCCC/C=C\C/C=C\CCCCCCCC(=O)OCCCCCCCCCCCCCCCCCCCCCCCCCCCCCCCCCC(=O)NC(CO)C(O)/C=C/CCCCCCCCCCC. The van der Waals surface area contributed by atoms with Crippen LogP contribution < -0.4 is 5.32 Å². The average Bonchev–Trinajstić information content (AvgIpc) is 3.39. The highest BCUT2D eigenvalue weighted by atomic mass is 16.5. The molecule has 0 heterocycles. The van der Waals surface area contributed by atoms with Gasteiger partial charge in [-0.15, -0.1) is 0 Å². The number of rotatable bonds is 61. The lowest BCUT2D eigenvalue weighted by molar-refractivity contribution is -0.143. The highest BCUT2D eigenvalue weighted by molar-refractivity contribution is 5.76. The van der Waals surface area contributed by atoms with Crippen molar-refractivity contribution in [3.05, 3.63) is 36.5 Å². The van der Waals surface area contributed by atoms with Crippen LogP contribution in [0.25, 0.3) is 0 Å². The molecule has 0 aliphatic carbocycles. The number of carbonyl (C=O) groups is 2. The lowest BCUT2D eigenvalue weighted by Gasteiger charge is -2.20. The predicted molar refractivity (Wildman–Crippen MR) is 319 cm³/mol. The zero-order valence-electron chi connectivity index (χ0n) is 49.1. The van der Waals surface area contributed by atoms with Crippen molar-refractivity contribution in [2.75, 3.05) is 13.2 Å². The molecular formula is C67H127NO5. The maximum atomic E-state index is 12.4.